The average Bonchev–Trinajstić information content (AvgIpc) is 2.81. The Kier molecular flexibility index (Phi) is 3.49. The molecule has 17 heavy (non-hydrogen) atoms. The molecule has 1 saturated heterocycles. The highest BCUT2D eigenvalue weighted by atomic mass is 16.5. The third-order valence-corrected chi connectivity index (χ3v) is 2.60. The molecule has 0 spiro atoms. The summed E-state index contributed by atoms with van der Waals surface area (Å²) in [5, 5.41) is 9.05. The highest BCUT2D eigenvalue weighted by Gasteiger charge is 2.21. The number of aromatic carboxylic acids is 1. The maximum absolute atomic E-state index is 11.0. The van der Waals surface area contributed by atoms with E-state index >= 15 is 0 Å². The molecule has 0 saturated carbocycles. The van der Waals surface area contributed by atoms with Crippen LogP contribution in [0.3, 0.4) is 0 Å². The molecule has 1 aliphatic heterocycles. The predicted molar refractivity (Wildman–Crippen MR) is 59.8 cm³/mol. The summed E-state index contributed by atoms with van der Waals surface area (Å²) in [5.41, 5.74) is 0.137. The minimum Gasteiger partial charge on any atom is -0.497 e. The van der Waals surface area contributed by atoms with E-state index in [0.717, 1.165) is 6.42 Å². The number of carboxylic acids is 1. The molecule has 1 aliphatic rings. The van der Waals surface area contributed by atoms with Gasteiger partial charge < -0.3 is 19.3 Å². The monoisotopic (exact) mass is 238 g/mol. The van der Waals surface area contributed by atoms with Gasteiger partial charge in [0.05, 0.1) is 20.3 Å². The van der Waals surface area contributed by atoms with Crippen LogP contribution >= 0.6 is 0 Å². The fourth-order valence-electron chi connectivity index (χ4n) is 1.69. The van der Waals surface area contributed by atoms with Crippen molar-refractivity contribution in [1.82, 2.24) is 0 Å². The Hall–Kier alpha value is -1.75. The average molecular weight is 238 g/mol. The minimum absolute atomic E-state index is 0.0831. The van der Waals surface area contributed by atoms with E-state index in [1.807, 2.05) is 0 Å². The SMILES string of the molecule is COc1ccc(C(=O)O)c(OC2CCOC2)c1. The first kappa shape index (κ1) is 11.7. The summed E-state index contributed by atoms with van der Waals surface area (Å²) in [5.74, 6) is -0.113. The van der Waals surface area contributed by atoms with Crippen LogP contribution in [0.15, 0.2) is 18.2 Å². The molecule has 0 amide bonds. The van der Waals surface area contributed by atoms with Crippen LogP contribution in [0.25, 0.3) is 0 Å². The molecular formula is C12H14O5. The summed E-state index contributed by atoms with van der Waals surface area (Å²) in [6.07, 6.45) is 0.691. The second-order valence-corrected chi connectivity index (χ2v) is 3.77. The maximum Gasteiger partial charge on any atom is 0.339 e. The van der Waals surface area contributed by atoms with Crippen LogP contribution in [-0.4, -0.2) is 37.5 Å². The number of hydrogen-bond acceptors (Lipinski definition) is 4. The highest BCUT2D eigenvalue weighted by Crippen LogP contribution is 2.27. The standard InChI is InChI=1S/C12H14O5/c1-15-8-2-3-10(12(13)14)11(6-8)17-9-4-5-16-7-9/h2-3,6,9H,4-5,7H2,1H3,(H,13,14). The number of carboxylic acid groups (broad SMARTS) is 1. The minimum atomic E-state index is -1.01. The van der Waals surface area contributed by atoms with E-state index in [-0.39, 0.29) is 11.7 Å². The molecular weight excluding hydrogens is 224 g/mol. The lowest BCUT2D eigenvalue weighted by molar-refractivity contribution is 0.0687. The van der Waals surface area contributed by atoms with E-state index < -0.39 is 5.97 Å². The summed E-state index contributed by atoms with van der Waals surface area (Å²) in [7, 11) is 1.53. The molecule has 2 rings (SSSR count). The van der Waals surface area contributed by atoms with Gasteiger partial charge in [-0.1, -0.05) is 0 Å². The Morgan fingerprint density at radius 2 is 2.35 bits per heavy atom. The fraction of sp³-hybridized carbons (Fsp3) is 0.417. The zero-order chi connectivity index (χ0) is 12.3. The van der Waals surface area contributed by atoms with Crippen molar-refractivity contribution in [2.24, 2.45) is 0 Å². The number of rotatable bonds is 4. The lowest BCUT2D eigenvalue weighted by Crippen LogP contribution is -2.17. The molecule has 1 atom stereocenters. The molecule has 5 heteroatoms. The Morgan fingerprint density at radius 1 is 1.53 bits per heavy atom. The summed E-state index contributed by atoms with van der Waals surface area (Å²) < 4.78 is 15.9. The van der Waals surface area contributed by atoms with Crippen LogP contribution in [0.1, 0.15) is 16.8 Å². The number of hydrogen-bond donors (Lipinski definition) is 1. The normalized spacial score (nSPS) is 19.0. The summed E-state index contributed by atoms with van der Waals surface area (Å²) in [6.45, 7) is 1.15. The predicted octanol–water partition coefficient (Wildman–Crippen LogP) is 1.56. The molecule has 1 unspecified atom stereocenters. The van der Waals surface area contributed by atoms with Gasteiger partial charge in [-0.3, -0.25) is 0 Å². The fourth-order valence-corrected chi connectivity index (χ4v) is 1.69. The Morgan fingerprint density at radius 3 is 2.94 bits per heavy atom. The molecule has 5 nitrogen and oxygen atoms in total. The molecule has 0 bridgehead atoms. The van der Waals surface area contributed by atoms with Crippen molar-refractivity contribution in [2.75, 3.05) is 20.3 Å². The van der Waals surface area contributed by atoms with Gasteiger partial charge in [0.1, 0.15) is 23.2 Å². The molecule has 1 fully saturated rings. The first-order chi connectivity index (χ1) is 8.20. The Bertz CT molecular complexity index is 409. The van der Waals surface area contributed by atoms with Crippen molar-refractivity contribution >= 4 is 5.97 Å². The van der Waals surface area contributed by atoms with Gasteiger partial charge >= 0.3 is 5.97 Å². The van der Waals surface area contributed by atoms with E-state index in [2.05, 4.69) is 0 Å². The van der Waals surface area contributed by atoms with E-state index in [1.165, 1.54) is 13.2 Å². The number of benzene rings is 1. The van der Waals surface area contributed by atoms with Gasteiger partial charge in [0.2, 0.25) is 0 Å². The van der Waals surface area contributed by atoms with Crippen molar-refractivity contribution < 1.29 is 24.1 Å². The van der Waals surface area contributed by atoms with Gasteiger partial charge in [0.15, 0.2) is 0 Å². The lowest BCUT2D eigenvalue weighted by Gasteiger charge is -2.14. The van der Waals surface area contributed by atoms with Gasteiger partial charge in [-0.05, 0) is 12.1 Å². The summed E-state index contributed by atoms with van der Waals surface area (Å²) in [4.78, 5) is 11.0. The second-order valence-electron chi connectivity index (χ2n) is 3.77. The molecule has 1 N–H and O–H groups in total. The smallest absolute Gasteiger partial charge is 0.339 e. The first-order valence-corrected chi connectivity index (χ1v) is 5.36. The van der Waals surface area contributed by atoms with E-state index in [4.69, 9.17) is 19.3 Å². The van der Waals surface area contributed by atoms with Gasteiger partial charge in [0.25, 0.3) is 0 Å². The molecule has 0 aliphatic carbocycles. The molecule has 1 aromatic carbocycles. The largest absolute Gasteiger partial charge is 0.497 e. The second kappa shape index (κ2) is 5.05. The third-order valence-electron chi connectivity index (χ3n) is 2.60. The van der Waals surface area contributed by atoms with Crippen molar-refractivity contribution in [3.8, 4) is 11.5 Å². The first-order valence-electron chi connectivity index (χ1n) is 5.36. The van der Waals surface area contributed by atoms with Crippen LogP contribution < -0.4 is 9.47 Å². The third kappa shape index (κ3) is 2.68. The lowest BCUT2D eigenvalue weighted by atomic mass is 10.2. The van der Waals surface area contributed by atoms with Crippen molar-refractivity contribution in [3.05, 3.63) is 23.8 Å². The van der Waals surface area contributed by atoms with Gasteiger partial charge in [-0.15, -0.1) is 0 Å². The molecule has 1 heterocycles. The van der Waals surface area contributed by atoms with Crippen LogP contribution in [0.2, 0.25) is 0 Å². The van der Waals surface area contributed by atoms with Crippen molar-refractivity contribution in [1.29, 1.82) is 0 Å². The molecule has 0 radical (unpaired) electrons. The van der Waals surface area contributed by atoms with E-state index in [0.29, 0.717) is 24.7 Å². The van der Waals surface area contributed by atoms with Gasteiger partial charge in [0, 0.05) is 12.5 Å². The molecule has 1 aromatic rings. The summed E-state index contributed by atoms with van der Waals surface area (Å²) >= 11 is 0. The number of carbonyl (C=O) groups is 1. The Labute approximate surface area is 98.9 Å². The Balaban J connectivity index is 2.24. The van der Waals surface area contributed by atoms with Gasteiger partial charge in [-0.25, -0.2) is 4.79 Å². The molecule has 0 aromatic heterocycles. The number of ether oxygens (including phenoxy) is 3. The van der Waals surface area contributed by atoms with E-state index in [1.54, 1.807) is 12.1 Å². The zero-order valence-corrected chi connectivity index (χ0v) is 9.51. The highest BCUT2D eigenvalue weighted by molar-refractivity contribution is 5.91. The van der Waals surface area contributed by atoms with E-state index in [9.17, 15) is 4.79 Å². The maximum atomic E-state index is 11.0. The molecule has 92 valence electrons. The zero-order valence-electron chi connectivity index (χ0n) is 9.51. The quantitative estimate of drug-likeness (QED) is 0.862. The van der Waals surface area contributed by atoms with Crippen molar-refractivity contribution in [2.45, 2.75) is 12.5 Å². The topological polar surface area (TPSA) is 65.0 Å². The van der Waals surface area contributed by atoms with Crippen LogP contribution in [0.5, 0.6) is 11.5 Å². The summed E-state index contributed by atoms with van der Waals surface area (Å²) in [6, 6.07) is 4.66. The van der Waals surface area contributed by atoms with Crippen LogP contribution in [0, 0.1) is 0 Å². The van der Waals surface area contributed by atoms with Crippen LogP contribution in [0.4, 0.5) is 0 Å². The van der Waals surface area contributed by atoms with Crippen LogP contribution in [-0.2, 0) is 4.74 Å². The number of methoxy groups -OCH3 is 1. The van der Waals surface area contributed by atoms with Gasteiger partial charge in [-0.2, -0.15) is 0 Å². The van der Waals surface area contributed by atoms with Crippen molar-refractivity contribution in [3.63, 3.8) is 0 Å².